The first kappa shape index (κ1) is 14.1. The number of nitrogens with one attached hydrogen (secondary N) is 1. The van der Waals surface area contributed by atoms with Crippen molar-refractivity contribution < 1.29 is 13.9 Å². The van der Waals surface area contributed by atoms with E-state index in [2.05, 4.69) is 5.32 Å². The molecule has 2 unspecified atom stereocenters. The number of ether oxygens (including phenoxy) is 1. The summed E-state index contributed by atoms with van der Waals surface area (Å²) in [6.07, 6.45) is 0.0117. The number of morpholine rings is 1. The Kier molecular flexibility index (Phi) is 4.27. The Morgan fingerprint density at radius 1 is 1.42 bits per heavy atom. The lowest BCUT2D eigenvalue weighted by Crippen LogP contribution is -2.49. The summed E-state index contributed by atoms with van der Waals surface area (Å²) < 4.78 is 18.6. The maximum atomic E-state index is 13.0. The second-order valence-corrected chi connectivity index (χ2v) is 5.13. The van der Waals surface area contributed by atoms with Gasteiger partial charge in [0, 0.05) is 18.8 Å². The zero-order chi connectivity index (χ0) is 14.0. The molecule has 104 valence electrons. The molecular formula is C13H16ClFN2O2. The summed E-state index contributed by atoms with van der Waals surface area (Å²) in [7, 11) is 0. The van der Waals surface area contributed by atoms with E-state index in [-0.39, 0.29) is 23.3 Å². The first-order valence-corrected chi connectivity index (χ1v) is 6.50. The maximum absolute atomic E-state index is 13.0. The zero-order valence-corrected chi connectivity index (χ0v) is 11.6. The lowest BCUT2D eigenvalue weighted by molar-refractivity contribution is -0.0530. The minimum Gasteiger partial charge on any atom is -0.372 e. The van der Waals surface area contributed by atoms with Crippen molar-refractivity contribution in [2.45, 2.75) is 26.1 Å². The molecule has 1 aliphatic heterocycles. The smallest absolute Gasteiger partial charge is 0.322 e. The maximum Gasteiger partial charge on any atom is 0.322 e. The van der Waals surface area contributed by atoms with Gasteiger partial charge < -0.3 is 15.0 Å². The molecule has 1 aromatic carbocycles. The van der Waals surface area contributed by atoms with Crippen LogP contribution in [0.4, 0.5) is 14.9 Å². The van der Waals surface area contributed by atoms with E-state index in [0.29, 0.717) is 18.8 Å². The summed E-state index contributed by atoms with van der Waals surface area (Å²) in [5, 5.41) is 2.69. The molecule has 1 aromatic rings. The van der Waals surface area contributed by atoms with Crippen LogP contribution in [0.25, 0.3) is 0 Å². The monoisotopic (exact) mass is 286 g/mol. The van der Waals surface area contributed by atoms with Gasteiger partial charge in [-0.1, -0.05) is 11.6 Å². The highest BCUT2D eigenvalue weighted by Gasteiger charge is 2.25. The largest absolute Gasteiger partial charge is 0.372 e. The summed E-state index contributed by atoms with van der Waals surface area (Å²) in [6, 6.07) is 3.86. The predicted octanol–water partition coefficient (Wildman–Crippen LogP) is 3.12. The van der Waals surface area contributed by atoms with Gasteiger partial charge in [0.2, 0.25) is 0 Å². The molecule has 6 heteroatoms. The summed E-state index contributed by atoms with van der Waals surface area (Å²) >= 11 is 5.67. The van der Waals surface area contributed by atoms with E-state index in [1.165, 1.54) is 18.2 Å². The second-order valence-electron chi connectivity index (χ2n) is 4.72. The Labute approximate surface area is 116 Å². The van der Waals surface area contributed by atoms with Gasteiger partial charge in [0.15, 0.2) is 0 Å². The molecule has 2 atom stereocenters. The van der Waals surface area contributed by atoms with Crippen LogP contribution in [0.3, 0.4) is 0 Å². The van der Waals surface area contributed by atoms with E-state index in [9.17, 15) is 9.18 Å². The molecule has 1 N–H and O–H groups in total. The minimum atomic E-state index is -0.506. The minimum absolute atomic E-state index is 0.00584. The average molecular weight is 287 g/mol. The van der Waals surface area contributed by atoms with Crippen molar-refractivity contribution in [1.29, 1.82) is 0 Å². The highest BCUT2D eigenvalue weighted by molar-refractivity contribution is 6.31. The molecule has 4 nitrogen and oxygen atoms in total. The van der Waals surface area contributed by atoms with Crippen molar-refractivity contribution >= 4 is 23.3 Å². The van der Waals surface area contributed by atoms with E-state index >= 15 is 0 Å². The molecule has 2 amide bonds. The molecule has 0 aliphatic carbocycles. The molecule has 0 radical (unpaired) electrons. The van der Waals surface area contributed by atoms with Crippen molar-refractivity contribution in [3.05, 3.63) is 29.0 Å². The van der Waals surface area contributed by atoms with Crippen molar-refractivity contribution in [1.82, 2.24) is 4.90 Å². The molecule has 2 rings (SSSR count). The molecule has 1 heterocycles. The second kappa shape index (κ2) is 5.75. The van der Waals surface area contributed by atoms with Crippen LogP contribution < -0.4 is 5.32 Å². The summed E-state index contributed by atoms with van der Waals surface area (Å²) in [5.41, 5.74) is 0.475. The number of benzene rings is 1. The molecule has 0 spiro atoms. The Hall–Kier alpha value is -1.33. The quantitative estimate of drug-likeness (QED) is 0.862. The van der Waals surface area contributed by atoms with Crippen LogP contribution >= 0.6 is 11.6 Å². The summed E-state index contributed by atoms with van der Waals surface area (Å²) in [5.74, 6) is -0.506. The van der Waals surface area contributed by atoms with Crippen molar-refractivity contribution in [3.8, 4) is 0 Å². The number of nitrogens with zero attached hydrogens (tertiary/aromatic N) is 1. The van der Waals surface area contributed by atoms with Crippen LogP contribution in [0.15, 0.2) is 18.2 Å². The Morgan fingerprint density at radius 3 is 2.63 bits per heavy atom. The molecule has 19 heavy (non-hydrogen) atoms. The number of carbonyl (C=O) groups is 1. The molecule has 0 aromatic heterocycles. The SMILES string of the molecule is CC1CN(C(=O)Nc2ccc(F)c(Cl)c2)CC(C)O1. The van der Waals surface area contributed by atoms with Gasteiger partial charge >= 0.3 is 6.03 Å². The summed E-state index contributed by atoms with van der Waals surface area (Å²) in [6.45, 7) is 4.91. The number of halogens is 2. The number of hydrogen-bond donors (Lipinski definition) is 1. The molecule has 1 fully saturated rings. The fourth-order valence-corrected chi connectivity index (χ4v) is 2.30. The lowest BCUT2D eigenvalue weighted by atomic mass is 10.2. The van der Waals surface area contributed by atoms with Gasteiger partial charge in [-0.2, -0.15) is 0 Å². The molecular weight excluding hydrogens is 271 g/mol. The van der Waals surface area contributed by atoms with Crippen LogP contribution in [-0.4, -0.2) is 36.2 Å². The van der Waals surface area contributed by atoms with Crippen LogP contribution in [0.2, 0.25) is 5.02 Å². The topological polar surface area (TPSA) is 41.6 Å². The van der Waals surface area contributed by atoms with E-state index < -0.39 is 5.82 Å². The summed E-state index contributed by atoms with van der Waals surface area (Å²) in [4.78, 5) is 13.8. The van der Waals surface area contributed by atoms with Gasteiger partial charge in [0.25, 0.3) is 0 Å². The molecule has 0 saturated carbocycles. The number of carbonyl (C=O) groups excluding carboxylic acids is 1. The van der Waals surface area contributed by atoms with Gasteiger partial charge in [-0.15, -0.1) is 0 Å². The van der Waals surface area contributed by atoms with Crippen LogP contribution in [0, 0.1) is 5.82 Å². The fourth-order valence-electron chi connectivity index (χ4n) is 2.12. The van der Waals surface area contributed by atoms with Gasteiger partial charge in [0.05, 0.1) is 17.2 Å². The van der Waals surface area contributed by atoms with E-state index in [0.717, 1.165) is 0 Å². The lowest BCUT2D eigenvalue weighted by Gasteiger charge is -2.35. The van der Waals surface area contributed by atoms with Crippen LogP contribution in [0.5, 0.6) is 0 Å². The number of urea groups is 1. The van der Waals surface area contributed by atoms with Crippen molar-refractivity contribution in [2.24, 2.45) is 0 Å². The van der Waals surface area contributed by atoms with Gasteiger partial charge in [-0.05, 0) is 32.0 Å². The third-order valence-corrected chi connectivity index (χ3v) is 3.17. The molecule has 1 saturated heterocycles. The van der Waals surface area contributed by atoms with Gasteiger partial charge in [-0.3, -0.25) is 0 Å². The standard InChI is InChI=1S/C13H16ClFN2O2/c1-8-6-17(7-9(2)19-8)13(18)16-10-3-4-12(15)11(14)5-10/h3-5,8-9H,6-7H2,1-2H3,(H,16,18). The van der Waals surface area contributed by atoms with Crippen molar-refractivity contribution in [2.75, 3.05) is 18.4 Å². The Balaban J connectivity index is 2.02. The first-order chi connectivity index (χ1) is 8.95. The van der Waals surface area contributed by atoms with Crippen molar-refractivity contribution in [3.63, 3.8) is 0 Å². The van der Waals surface area contributed by atoms with Gasteiger partial charge in [-0.25, -0.2) is 9.18 Å². The average Bonchev–Trinajstić information content (AvgIpc) is 2.32. The first-order valence-electron chi connectivity index (χ1n) is 6.12. The molecule has 1 aliphatic rings. The third kappa shape index (κ3) is 3.58. The van der Waals surface area contributed by atoms with Crippen LogP contribution in [-0.2, 0) is 4.74 Å². The Morgan fingerprint density at radius 2 is 2.05 bits per heavy atom. The van der Waals surface area contributed by atoms with E-state index in [1.807, 2.05) is 13.8 Å². The predicted molar refractivity (Wildman–Crippen MR) is 72.0 cm³/mol. The number of anilines is 1. The van der Waals surface area contributed by atoms with E-state index in [1.54, 1.807) is 4.90 Å². The number of amides is 2. The number of hydrogen-bond acceptors (Lipinski definition) is 2. The normalized spacial score (nSPS) is 23.3. The zero-order valence-electron chi connectivity index (χ0n) is 10.8. The highest BCUT2D eigenvalue weighted by atomic mass is 35.5. The highest BCUT2D eigenvalue weighted by Crippen LogP contribution is 2.20. The van der Waals surface area contributed by atoms with Gasteiger partial charge in [0.1, 0.15) is 5.82 Å². The Bertz CT molecular complexity index is 474. The van der Waals surface area contributed by atoms with E-state index in [4.69, 9.17) is 16.3 Å². The molecule has 0 bridgehead atoms. The number of rotatable bonds is 1. The fraction of sp³-hybridized carbons (Fsp3) is 0.462. The van der Waals surface area contributed by atoms with Crippen LogP contribution in [0.1, 0.15) is 13.8 Å². The third-order valence-electron chi connectivity index (χ3n) is 2.88.